The van der Waals surface area contributed by atoms with Crippen LogP contribution in [0.5, 0.6) is 0 Å². The zero-order valence-electron chi connectivity index (χ0n) is 8.95. The van der Waals surface area contributed by atoms with Crippen molar-refractivity contribution in [2.75, 3.05) is 12.9 Å². The number of nitrogens with two attached hydrogens (primary N) is 1. The molecule has 1 aromatic rings. The first-order valence-corrected chi connectivity index (χ1v) is 6.27. The zero-order chi connectivity index (χ0) is 13.1. The molecular weight excluding hydrogens is 248 g/mol. The van der Waals surface area contributed by atoms with Crippen LogP contribution in [-0.2, 0) is 20.8 Å². The fourth-order valence-electron chi connectivity index (χ4n) is 1.17. The van der Waals surface area contributed by atoms with Crippen molar-refractivity contribution in [3.63, 3.8) is 0 Å². The van der Waals surface area contributed by atoms with Crippen LogP contribution in [-0.4, -0.2) is 37.0 Å². The minimum absolute atomic E-state index is 0.00697. The van der Waals surface area contributed by atoms with E-state index < -0.39 is 16.0 Å². The second kappa shape index (κ2) is 4.94. The lowest BCUT2D eigenvalue weighted by Gasteiger charge is -2.04. The van der Waals surface area contributed by atoms with Crippen LogP contribution in [0.4, 0.5) is 0 Å². The van der Waals surface area contributed by atoms with Gasteiger partial charge in [-0.05, 0) is 0 Å². The smallest absolute Gasteiger partial charge is 0.268 e. The summed E-state index contributed by atoms with van der Waals surface area (Å²) in [5.74, 6) is -0.807. The molecule has 0 bridgehead atoms. The highest BCUT2D eigenvalue weighted by Gasteiger charge is 2.15. The second-order valence-corrected chi connectivity index (χ2v) is 4.78. The van der Waals surface area contributed by atoms with Gasteiger partial charge in [-0.15, -0.1) is 0 Å². The minimum atomic E-state index is -3.55. The topological polar surface area (TPSA) is 128 Å². The molecule has 92 valence electrons. The fraction of sp³-hybridized carbons (Fsp3) is 0.375. The molecule has 0 unspecified atom stereocenters. The van der Waals surface area contributed by atoms with Crippen LogP contribution in [0.15, 0.2) is 6.20 Å². The van der Waals surface area contributed by atoms with Crippen LogP contribution < -0.4 is 5.73 Å². The van der Waals surface area contributed by atoms with Crippen LogP contribution in [0, 0.1) is 11.3 Å². The predicted molar refractivity (Wildman–Crippen MR) is 56.3 cm³/mol. The van der Waals surface area contributed by atoms with Gasteiger partial charge in [0, 0.05) is 0 Å². The maximum Gasteiger partial charge on any atom is 0.268 e. The molecule has 0 radical (unpaired) electrons. The maximum atomic E-state index is 11.1. The van der Waals surface area contributed by atoms with Crippen molar-refractivity contribution in [1.29, 1.82) is 5.26 Å². The lowest BCUT2D eigenvalue weighted by atomic mass is 10.2. The molecular formula is C8H10N4O4S. The van der Waals surface area contributed by atoms with Gasteiger partial charge < -0.3 is 5.73 Å². The number of rotatable bonds is 5. The highest BCUT2D eigenvalue weighted by atomic mass is 32.2. The van der Waals surface area contributed by atoms with Gasteiger partial charge in [-0.3, -0.25) is 13.7 Å². The molecule has 0 fully saturated rings. The van der Waals surface area contributed by atoms with E-state index in [0.717, 1.165) is 10.9 Å². The summed E-state index contributed by atoms with van der Waals surface area (Å²) in [5, 5.41) is 12.4. The van der Waals surface area contributed by atoms with Gasteiger partial charge >= 0.3 is 0 Å². The van der Waals surface area contributed by atoms with Crippen LogP contribution in [0.2, 0.25) is 0 Å². The first kappa shape index (κ1) is 13.1. The molecule has 0 aromatic carbocycles. The predicted octanol–water partition coefficient (Wildman–Crippen LogP) is -1.17. The molecule has 1 aromatic heterocycles. The Kier molecular flexibility index (Phi) is 3.82. The summed E-state index contributed by atoms with van der Waals surface area (Å²) in [7, 11) is -3.55. The lowest BCUT2D eigenvalue weighted by Crippen LogP contribution is -2.21. The molecule has 9 heteroatoms. The number of carbonyl (C=O) groups is 1. The first-order chi connectivity index (χ1) is 7.85. The number of carbonyl (C=O) groups excluding carboxylic acids is 1. The lowest BCUT2D eigenvalue weighted by molar-refractivity contribution is 0.0988. The van der Waals surface area contributed by atoms with Crippen molar-refractivity contribution >= 4 is 16.0 Å². The highest BCUT2D eigenvalue weighted by Crippen LogP contribution is 2.06. The van der Waals surface area contributed by atoms with E-state index in [2.05, 4.69) is 9.28 Å². The molecule has 0 saturated carbocycles. The molecule has 0 atom stereocenters. The van der Waals surface area contributed by atoms with Crippen molar-refractivity contribution in [3.8, 4) is 6.07 Å². The van der Waals surface area contributed by atoms with Gasteiger partial charge in [0.2, 0.25) is 0 Å². The largest absolute Gasteiger partial charge is 0.364 e. The van der Waals surface area contributed by atoms with Crippen molar-refractivity contribution < 1.29 is 17.4 Å². The molecule has 2 N–H and O–H groups in total. The average Bonchev–Trinajstić information content (AvgIpc) is 2.58. The number of hydrogen-bond acceptors (Lipinski definition) is 6. The van der Waals surface area contributed by atoms with Gasteiger partial charge in [-0.25, -0.2) is 0 Å². The summed E-state index contributed by atoms with van der Waals surface area (Å²) in [6, 6.07) is 1.76. The molecule has 0 spiro atoms. The monoisotopic (exact) mass is 258 g/mol. The number of hydrogen-bond donors (Lipinski definition) is 1. The number of amides is 1. The Morgan fingerprint density at radius 2 is 2.35 bits per heavy atom. The standard InChI is InChI=1S/C8H10N4O4S/c1-17(14,15)16-3-2-12-7(8(10)13)6(4-9)5-11-12/h5H,2-3H2,1H3,(H2,10,13). The second-order valence-electron chi connectivity index (χ2n) is 3.13. The Morgan fingerprint density at radius 3 is 2.82 bits per heavy atom. The zero-order valence-corrected chi connectivity index (χ0v) is 9.77. The third-order valence-electron chi connectivity index (χ3n) is 1.79. The van der Waals surface area contributed by atoms with Crippen LogP contribution in [0.3, 0.4) is 0 Å². The van der Waals surface area contributed by atoms with E-state index in [1.165, 1.54) is 6.20 Å². The van der Waals surface area contributed by atoms with E-state index in [9.17, 15) is 13.2 Å². The summed E-state index contributed by atoms with van der Waals surface area (Å²) >= 11 is 0. The quantitative estimate of drug-likeness (QED) is 0.662. The first-order valence-electron chi connectivity index (χ1n) is 4.45. The fourth-order valence-corrected chi connectivity index (χ4v) is 1.55. The third kappa shape index (κ3) is 3.54. The third-order valence-corrected chi connectivity index (χ3v) is 2.39. The van der Waals surface area contributed by atoms with Crippen molar-refractivity contribution in [2.24, 2.45) is 5.73 Å². The normalized spacial score (nSPS) is 11.1. The van der Waals surface area contributed by atoms with Gasteiger partial charge in [0.1, 0.15) is 17.3 Å². The van der Waals surface area contributed by atoms with Crippen LogP contribution in [0.1, 0.15) is 16.1 Å². The average molecular weight is 258 g/mol. The van der Waals surface area contributed by atoms with Crippen molar-refractivity contribution in [3.05, 3.63) is 17.5 Å². The van der Waals surface area contributed by atoms with Crippen molar-refractivity contribution in [1.82, 2.24) is 9.78 Å². The molecule has 0 aliphatic rings. The van der Waals surface area contributed by atoms with E-state index in [4.69, 9.17) is 11.0 Å². The van der Waals surface area contributed by atoms with Gasteiger partial charge in [0.05, 0.1) is 25.6 Å². The van der Waals surface area contributed by atoms with Crippen LogP contribution in [0.25, 0.3) is 0 Å². The summed E-state index contributed by atoms with van der Waals surface area (Å²) < 4.78 is 27.0. The number of nitrogens with zero attached hydrogens (tertiary/aromatic N) is 3. The summed E-state index contributed by atoms with van der Waals surface area (Å²) in [5.41, 5.74) is 5.06. The molecule has 1 rings (SSSR count). The van der Waals surface area contributed by atoms with Crippen molar-refractivity contribution in [2.45, 2.75) is 6.54 Å². The number of primary amides is 1. The van der Waals surface area contributed by atoms with E-state index >= 15 is 0 Å². The highest BCUT2D eigenvalue weighted by molar-refractivity contribution is 7.85. The van der Waals surface area contributed by atoms with E-state index in [1.54, 1.807) is 6.07 Å². The SMILES string of the molecule is CS(=O)(=O)OCCn1ncc(C#N)c1C(N)=O. The maximum absolute atomic E-state index is 11.1. The molecule has 1 heterocycles. The Hall–Kier alpha value is -1.92. The van der Waals surface area contributed by atoms with E-state index in [-0.39, 0.29) is 24.4 Å². The molecule has 0 aliphatic heterocycles. The summed E-state index contributed by atoms with van der Waals surface area (Å²) in [6.07, 6.45) is 2.09. The van der Waals surface area contributed by atoms with Gasteiger partial charge in [0.25, 0.3) is 16.0 Å². The Morgan fingerprint density at radius 1 is 1.71 bits per heavy atom. The minimum Gasteiger partial charge on any atom is -0.364 e. The molecule has 1 amide bonds. The summed E-state index contributed by atoms with van der Waals surface area (Å²) in [6.45, 7) is -0.182. The van der Waals surface area contributed by atoms with E-state index in [0.29, 0.717) is 0 Å². The Labute approximate surface area is 97.7 Å². The Balaban J connectivity index is 2.83. The van der Waals surface area contributed by atoms with Gasteiger partial charge in [-0.2, -0.15) is 18.8 Å². The molecule has 0 saturated heterocycles. The number of nitriles is 1. The van der Waals surface area contributed by atoms with Gasteiger partial charge in [0.15, 0.2) is 0 Å². The molecule has 0 aliphatic carbocycles. The van der Waals surface area contributed by atoms with Gasteiger partial charge in [-0.1, -0.05) is 0 Å². The molecule has 17 heavy (non-hydrogen) atoms. The number of aromatic nitrogens is 2. The summed E-state index contributed by atoms with van der Waals surface area (Å²) in [4.78, 5) is 11.1. The van der Waals surface area contributed by atoms with Crippen LogP contribution >= 0.6 is 0 Å². The van der Waals surface area contributed by atoms with E-state index in [1.807, 2.05) is 0 Å². The Bertz CT molecular complexity index is 569. The molecule has 8 nitrogen and oxygen atoms in total.